The summed E-state index contributed by atoms with van der Waals surface area (Å²) < 4.78 is 5.02. The Hall–Kier alpha value is -2.24. The van der Waals surface area contributed by atoms with Gasteiger partial charge in [-0.3, -0.25) is 0 Å². The number of carboxylic acids is 1. The van der Waals surface area contributed by atoms with Crippen LogP contribution in [0.4, 0.5) is 10.5 Å². The Morgan fingerprint density at radius 3 is 2.57 bits per heavy atom. The number of ether oxygens (including phenoxy) is 1. The van der Waals surface area contributed by atoms with Crippen molar-refractivity contribution in [3.63, 3.8) is 0 Å². The van der Waals surface area contributed by atoms with Crippen molar-refractivity contribution in [3.8, 4) is 5.75 Å². The fraction of sp³-hybridized carbons (Fsp3) is 0.467. The Kier molecular flexibility index (Phi) is 6.52. The molecule has 6 nitrogen and oxygen atoms in total. The van der Waals surface area contributed by atoms with E-state index in [4.69, 9.17) is 9.84 Å². The smallest absolute Gasteiger partial charge is 0.339 e. The van der Waals surface area contributed by atoms with Crippen LogP contribution < -0.4 is 15.4 Å². The number of urea groups is 1. The number of carbonyl (C=O) groups excluding carboxylic acids is 1. The Bertz CT molecular complexity index is 502. The molecule has 0 aromatic heterocycles. The topological polar surface area (TPSA) is 87.7 Å². The molecule has 0 saturated heterocycles. The van der Waals surface area contributed by atoms with E-state index in [-0.39, 0.29) is 23.4 Å². The van der Waals surface area contributed by atoms with Crippen LogP contribution in [0.2, 0.25) is 0 Å². The number of hydrogen-bond donors (Lipinski definition) is 3. The van der Waals surface area contributed by atoms with Gasteiger partial charge in [-0.25, -0.2) is 9.59 Å². The molecule has 3 N–H and O–H groups in total. The van der Waals surface area contributed by atoms with Crippen LogP contribution in [0.5, 0.6) is 5.75 Å². The number of hydrogen-bond acceptors (Lipinski definition) is 3. The lowest BCUT2D eigenvalue weighted by molar-refractivity contribution is 0.0693. The zero-order valence-corrected chi connectivity index (χ0v) is 12.6. The fourth-order valence-electron chi connectivity index (χ4n) is 2.03. The number of amides is 2. The van der Waals surface area contributed by atoms with Crippen LogP contribution in [0.25, 0.3) is 0 Å². The fourth-order valence-corrected chi connectivity index (χ4v) is 2.03. The molecule has 1 aromatic carbocycles. The molecule has 2 amide bonds. The molecule has 1 atom stereocenters. The van der Waals surface area contributed by atoms with E-state index in [0.29, 0.717) is 5.69 Å². The average molecular weight is 294 g/mol. The highest BCUT2D eigenvalue weighted by Gasteiger charge is 2.13. The first kappa shape index (κ1) is 16.8. The van der Waals surface area contributed by atoms with Crippen molar-refractivity contribution in [1.29, 1.82) is 0 Å². The van der Waals surface area contributed by atoms with Crippen LogP contribution in [-0.2, 0) is 0 Å². The van der Waals surface area contributed by atoms with Gasteiger partial charge in [-0.15, -0.1) is 0 Å². The third-order valence-corrected chi connectivity index (χ3v) is 3.15. The summed E-state index contributed by atoms with van der Waals surface area (Å²) in [5.74, 6) is -0.863. The molecule has 0 aliphatic rings. The van der Waals surface area contributed by atoms with Crippen molar-refractivity contribution >= 4 is 17.7 Å². The van der Waals surface area contributed by atoms with Gasteiger partial charge in [-0.05, 0) is 25.0 Å². The summed E-state index contributed by atoms with van der Waals surface area (Å²) in [7, 11) is 1.39. The standard InChI is InChI=1S/C15H22N2O4/c1-4-6-10(5-2)16-15(20)17-11-7-8-12(14(18)19)13(9-11)21-3/h7-10H,4-6H2,1-3H3,(H,18,19)(H2,16,17,20). The first-order valence-electron chi connectivity index (χ1n) is 7.00. The van der Waals surface area contributed by atoms with Gasteiger partial charge in [-0.2, -0.15) is 0 Å². The maximum Gasteiger partial charge on any atom is 0.339 e. The Balaban J connectivity index is 2.74. The summed E-state index contributed by atoms with van der Waals surface area (Å²) in [6.45, 7) is 4.09. The van der Waals surface area contributed by atoms with E-state index in [2.05, 4.69) is 17.6 Å². The van der Waals surface area contributed by atoms with Gasteiger partial charge in [0.1, 0.15) is 11.3 Å². The molecule has 0 fully saturated rings. The second-order valence-corrected chi connectivity index (χ2v) is 4.71. The maximum atomic E-state index is 11.9. The van der Waals surface area contributed by atoms with Gasteiger partial charge in [-0.1, -0.05) is 20.3 Å². The summed E-state index contributed by atoms with van der Waals surface area (Å²) in [5, 5.41) is 14.6. The average Bonchev–Trinajstić information content (AvgIpc) is 2.46. The Labute approximate surface area is 124 Å². The third kappa shape index (κ3) is 4.98. The number of anilines is 1. The molecule has 1 aromatic rings. The van der Waals surface area contributed by atoms with Crippen molar-refractivity contribution in [2.45, 2.75) is 39.2 Å². The van der Waals surface area contributed by atoms with Crippen LogP contribution in [-0.4, -0.2) is 30.3 Å². The van der Waals surface area contributed by atoms with Gasteiger partial charge >= 0.3 is 12.0 Å². The summed E-state index contributed by atoms with van der Waals surface area (Å²) in [6, 6.07) is 4.26. The van der Waals surface area contributed by atoms with Crippen molar-refractivity contribution in [2.75, 3.05) is 12.4 Å². The summed E-state index contributed by atoms with van der Waals surface area (Å²) >= 11 is 0. The summed E-state index contributed by atoms with van der Waals surface area (Å²) in [5.41, 5.74) is 0.543. The number of methoxy groups -OCH3 is 1. The monoisotopic (exact) mass is 294 g/mol. The van der Waals surface area contributed by atoms with E-state index in [9.17, 15) is 9.59 Å². The summed E-state index contributed by atoms with van der Waals surface area (Å²) in [6.07, 6.45) is 2.79. The Morgan fingerprint density at radius 1 is 1.33 bits per heavy atom. The van der Waals surface area contributed by atoms with E-state index in [1.807, 2.05) is 6.92 Å². The first-order valence-corrected chi connectivity index (χ1v) is 7.00. The normalized spacial score (nSPS) is 11.6. The second kappa shape index (κ2) is 8.14. The van der Waals surface area contributed by atoms with Crippen LogP contribution in [0.15, 0.2) is 18.2 Å². The number of aromatic carboxylic acids is 1. The molecule has 0 heterocycles. The van der Waals surface area contributed by atoms with E-state index >= 15 is 0 Å². The SMILES string of the molecule is CCCC(CC)NC(=O)Nc1ccc(C(=O)O)c(OC)c1. The van der Waals surface area contributed by atoms with Gasteiger partial charge in [0.25, 0.3) is 0 Å². The van der Waals surface area contributed by atoms with E-state index in [1.165, 1.54) is 25.3 Å². The highest BCUT2D eigenvalue weighted by molar-refractivity contribution is 5.94. The van der Waals surface area contributed by atoms with Crippen molar-refractivity contribution in [3.05, 3.63) is 23.8 Å². The van der Waals surface area contributed by atoms with E-state index < -0.39 is 5.97 Å². The largest absolute Gasteiger partial charge is 0.496 e. The zero-order chi connectivity index (χ0) is 15.8. The molecule has 0 aliphatic carbocycles. The molecule has 1 unspecified atom stereocenters. The number of nitrogens with one attached hydrogen (secondary N) is 2. The van der Waals surface area contributed by atoms with E-state index in [0.717, 1.165) is 19.3 Å². The number of rotatable bonds is 7. The van der Waals surface area contributed by atoms with Crippen molar-refractivity contribution in [1.82, 2.24) is 5.32 Å². The third-order valence-electron chi connectivity index (χ3n) is 3.15. The lowest BCUT2D eigenvalue weighted by atomic mass is 10.1. The summed E-state index contributed by atoms with van der Waals surface area (Å²) in [4.78, 5) is 22.9. The molecule has 1 rings (SSSR count). The minimum Gasteiger partial charge on any atom is -0.496 e. The highest BCUT2D eigenvalue weighted by Crippen LogP contribution is 2.23. The minimum absolute atomic E-state index is 0.0564. The minimum atomic E-state index is -1.07. The molecule has 0 bridgehead atoms. The molecular formula is C15H22N2O4. The molecule has 21 heavy (non-hydrogen) atoms. The van der Waals surface area contributed by atoms with Crippen LogP contribution in [0.3, 0.4) is 0 Å². The first-order chi connectivity index (χ1) is 10.0. The predicted octanol–water partition coefficient (Wildman–Crippen LogP) is 3.09. The quantitative estimate of drug-likeness (QED) is 0.721. The van der Waals surface area contributed by atoms with Gasteiger partial charge < -0.3 is 20.5 Å². The van der Waals surface area contributed by atoms with Gasteiger partial charge in [0.2, 0.25) is 0 Å². The molecular weight excluding hydrogens is 272 g/mol. The lowest BCUT2D eigenvalue weighted by Crippen LogP contribution is -2.37. The van der Waals surface area contributed by atoms with Crippen LogP contribution >= 0.6 is 0 Å². The molecule has 0 saturated carbocycles. The number of benzene rings is 1. The molecule has 116 valence electrons. The van der Waals surface area contributed by atoms with Crippen molar-refractivity contribution in [2.24, 2.45) is 0 Å². The predicted molar refractivity (Wildman–Crippen MR) is 81.1 cm³/mol. The van der Waals surface area contributed by atoms with Crippen molar-refractivity contribution < 1.29 is 19.4 Å². The molecule has 6 heteroatoms. The van der Waals surface area contributed by atoms with Crippen LogP contribution in [0, 0.1) is 0 Å². The number of carboxylic acid groups (broad SMARTS) is 1. The maximum absolute atomic E-state index is 11.9. The molecule has 0 spiro atoms. The highest BCUT2D eigenvalue weighted by atomic mass is 16.5. The Morgan fingerprint density at radius 2 is 2.05 bits per heavy atom. The number of carbonyl (C=O) groups is 2. The van der Waals surface area contributed by atoms with E-state index in [1.54, 1.807) is 0 Å². The van der Waals surface area contributed by atoms with Gasteiger partial charge in [0.15, 0.2) is 0 Å². The van der Waals surface area contributed by atoms with Gasteiger partial charge in [0, 0.05) is 17.8 Å². The lowest BCUT2D eigenvalue weighted by Gasteiger charge is -2.17. The zero-order valence-electron chi connectivity index (χ0n) is 12.6. The van der Waals surface area contributed by atoms with Crippen LogP contribution in [0.1, 0.15) is 43.5 Å². The molecule has 0 radical (unpaired) electrons. The second-order valence-electron chi connectivity index (χ2n) is 4.71. The molecule has 0 aliphatic heterocycles. The van der Waals surface area contributed by atoms with Gasteiger partial charge in [0.05, 0.1) is 7.11 Å².